The molecule has 0 aliphatic heterocycles. The average Bonchev–Trinajstić information content (AvgIpc) is 3.42. The molecule has 0 aliphatic carbocycles. The van der Waals surface area contributed by atoms with Gasteiger partial charge in [0.05, 0.1) is 33.8 Å². The van der Waals surface area contributed by atoms with Gasteiger partial charge in [-0.25, -0.2) is 4.57 Å². The summed E-state index contributed by atoms with van der Waals surface area (Å²) in [5.74, 6) is -0.497. The Morgan fingerprint density at radius 3 is 1.06 bits per heavy atom. The number of amides is 1. The lowest BCUT2D eigenvalue weighted by Gasteiger charge is -2.27. The molecule has 472 valence electrons. The Morgan fingerprint density at radius 2 is 0.725 bits per heavy atom. The Morgan fingerprint density at radius 1 is 0.425 bits per heavy atom. The fourth-order valence-electron chi connectivity index (χ4n) is 10.4. The largest absolute Gasteiger partial charge is 0.472 e. The van der Waals surface area contributed by atoms with Crippen molar-refractivity contribution in [3.05, 3.63) is 36.5 Å². The van der Waals surface area contributed by atoms with Gasteiger partial charge in [0, 0.05) is 12.8 Å². The molecule has 9 nitrogen and oxygen atoms in total. The van der Waals surface area contributed by atoms with Crippen LogP contribution >= 0.6 is 7.82 Å². The summed E-state index contributed by atoms with van der Waals surface area (Å²) in [5, 5.41) is 3.07. The Hall–Kier alpha value is -1.77. The molecule has 0 aromatic rings. The van der Waals surface area contributed by atoms with E-state index in [-0.39, 0.29) is 25.1 Å². The number of unbranched alkanes of at least 4 members (excludes halogenated alkanes) is 44. The van der Waals surface area contributed by atoms with Gasteiger partial charge in [-0.15, -0.1) is 0 Å². The SMILES string of the molecule is CCCCCCCC/C=C/CCCCCCCCCCCCCCCCCC(=O)OC(/C=C\CCCCCCCCCCCCC)C(COP(=O)(O)OCC[N+](C)(C)C)NC(=O)CCCCCCC/C=C/CCCCCCCCC. The van der Waals surface area contributed by atoms with E-state index < -0.39 is 20.0 Å². The zero-order valence-electron chi connectivity index (χ0n) is 54.1. The number of likely N-dealkylation sites (N-methyl/N-ethyl adjacent to an activating group) is 1. The van der Waals surface area contributed by atoms with Gasteiger partial charge in [-0.2, -0.15) is 0 Å². The number of hydrogen-bond donors (Lipinski definition) is 2. The van der Waals surface area contributed by atoms with Crippen LogP contribution in [0.1, 0.15) is 348 Å². The summed E-state index contributed by atoms with van der Waals surface area (Å²) in [4.78, 5) is 37.8. The molecule has 0 saturated heterocycles. The lowest BCUT2D eigenvalue weighted by Crippen LogP contribution is -2.47. The minimum absolute atomic E-state index is 0.0411. The number of phosphoric acid groups is 1. The maximum absolute atomic E-state index is 13.6. The first-order valence-electron chi connectivity index (χ1n) is 34.8. The van der Waals surface area contributed by atoms with E-state index in [1.54, 1.807) is 0 Å². The van der Waals surface area contributed by atoms with E-state index in [1.165, 1.54) is 238 Å². The van der Waals surface area contributed by atoms with Crippen molar-refractivity contribution in [1.29, 1.82) is 0 Å². The minimum Gasteiger partial charge on any atom is -0.456 e. The molecule has 0 aromatic carbocycles. The van der Waals surface area contributed by atoms with E-state index in [0.717, 1.165) is 77.0 Å². The van der Waals surface area contributed by atoms with Crippen molar-refractivity contribution >= 4 is 19.7 Å². The van der Waals surface area contributed by atoms with Crippen LogP contribution in [0.3, 0.4) is 0 Å². The molecule has 3 unspecified atom stereocenters. The molecule has 2 N–H and O–H groups in total. The van der Waals surface area contributed by atoms with E-state index in [1.807, 2.05) is 33.3 Å². The van der Waals surface area contributed by atoms with Gasteiger partial charge in [0.25, 0.3) is 0 Å². The van der Waals surface area contributed by atoms with Crippen molar-refractivity contribution < 1.29 is 37.3 Å². The first-order valence-corrected chi connectivity index (χ1v) is 36.3. The average molecular weight is 1150 g/mol. The highest BCUT2D eigenvalue weighted by Gasteiger charge is 2.30. The quantitative estimate of drug-likeness (QED) is 0.0205. The zero-order valence-corrected chi connectivity index (χ0v) is 55.0. The molecule has 0 radical (unpaired) electrons. The second-order valence-corrected chi connectivity index (χ2v) is 26.5. The Bertz CT molecular complexity index is 1460. The number of nitrogens with one attached hydrogen (secondary N) is 1. The number of rotatable bonds is 64. The van der Waals surface area contributed by atoms with Gasteiger partial charge in [-0.3, -0.25) is 18.6 Å². The number of ether oxygens (including phenoxy) is 1. The zero-order chi connectivity index (χ0) is 58.6. The normalized spacial score (nSPS) is 13.7. The van der Waals surface area contributed by atoms with Gasteiger partial charge < -0.3 is 19.4 Å². The van der Waals surface area contributed by atoms with Gasteiger partial charge in [-0.1, -0.05) is 289 Å². The number of nitrogens with zero attached hydrogens (tertiary/aromatic N) is 1. The van der Waals surface area contributed by atoms with Crippen LogP contribution in [0.15, 0.2) is 36.5 Å². The van der Waals surface area contributed by atoms with Gasteiger partial charge in [0.15, 0.2) is 0 Å². The summed E-state index contributed by atoms with van der Waals surface area (Å²) < 4.78 is 30.8. The van der Waals surface area contributed by atoms with Crippen LogP contribution < -0.4 is 5.32 Å². The third-order valence-corrected chi connectivity index (χ3v) is 16.8. The molecule has 0 spiro atoms. The van der Waals surface area contributed by atoms with Gasteiger partial charge in [0.2, 0.25) is 5.91 Å². The highest BCUT2D eigenvalue weighted by molar-refractivity contribution is 7.47. The van der Waals surface area contributed by atoms with Crippen molar-refractivity contribution in [3.8, 4) is 0 Å². The van der Waals surface area contributed by atoms with E-state index >= 15 is 0 Å². The van der Waals surface area contributed by atoms with Crippen LogP contribution in [0.25, 0.3) is 0 Å². The van der Waals surface area contributed by atoms with Crippen molar-refractivity contribution in [2.45, 2.75) is 360 Å². The van der Waals surface area contributed by atoms with Crippen LogP contribution in [0, 0.1) is 0 Å². The lowest BCUT2D eigenvalue weighted by molar-refractivity contribution is -0.870. The summed E-state index contributed by atoms with van der Waals surface area (Å²) in [6.07, 6.45) is 74.4. The van der Waals surface area contributed by atoms with Gasteiger partial charge in [-0.05, 0) is 83.1 Å². The van der Waals surface area contributed by atoms with E-state index in [9.17, 15) is 19.0 Å². The molecule has 0 aliphatic rings. The molecule has 0 rings (SSSR count). The number of allylic oxidation sites excluding steroid dienone is 5. The fourth-order valence-corrected chi connectivity index (χ4v) is 11.1. The highest BCUT2D eigenvalue weighted by Crippen LogP contribution is 2.43. The van der Waals surface area contributed by atoms with Crippen LogP contribution in [0.2, 0.25) is 0 Å². The Labute approximate surface area is 497 Å². The number of carbonyl (C=O) groups is 2. The van der Waals surface area contributed by atoms with Crippen molar-refractivity contribution in [1.82, 2.24) is 5.32 Å². The number of phosphoric ester groups is 1. The first kappa shape index (κ1) is 78.2. The number of quaternary nitrogens is 1. The van der Waals surface area contributed by atoms with E-state index in [4.69, 9.17) is 13.8 Å². The van der Waals surface area contributed by atoms with Crippen LogP contribution in [0.5, 0.6) is 0 Å². The van der Waals surface area contributed by atoms with E-state index in [0.29, 0.717) is 23.9 Å². The summed E-state index contributed by atoms with van der Waals surface area (Å²) >= 11 is 0. The molecule has 1 amide bonds. The molecule has 80 heavy (non-hydrogen) atoms. The highest BCUT2D eigenvalue weighted by atomic mass is 31.2. The summed E-state index contributed by atoms with van der Waals surface area (Å²) in [6.45, 7) is 7.05. The Kier molecular flexibility index (Phi) is 59.0. The van der Waals surface area contributed by atoms with Crippen LogP contribution in [-0.4, -0.2) is 74.3 Å². The maximum Gasteiger partial charge on any atom is 0.472 e. The molecule has 0 saturated carbocycles. The predicted octanol–water partition coefficient (Wildman–Crippen LogP) is 21.8. The molecule has 3 atom stereocenters. The first-order chi connectivity index (χ1) is 38.9. The van der Waals surface area contributed by atoms with Crippen LogP contribution in [0.4, 0.5) is 0 Å². The molecule has 0 aromatic heterocycles. The smallest absolute Gasteiger partial charge is 0.456 e. The second kappa shape index (κ2) is 60.4. The summed E-state index contributed by atoms with van der Waals surface area (Å²) in [7, 11) is 1.51. The van der Waals surface area contributed by atoms with Gasteiger partial charge in [0.1, 0.15) is 19.3 Å². The van der Waals surface area contributed by atoms with E-state index in [2.05, 4.69) is 50.4 Å². The molecule has 0 heterocycles. The van der Waals surface area contributed by atoms with Crippen molar-refractivity contribution in [2.75, 3.05) is 40.9 Å². The molecule has 10 heteroatoms. The topological polar surface area (TPSA) is 111 Å². The summed E-state index contributed by atoms with van der Waals surface area (Å²) in [6, 6.07) is -0.850. The molecule has 0 bridgehead atoms. The minimum atomic E-state index is -4.45. The lowest BCUT2D eigenvalue weighted by atomic mass is 10.0. The van der Waals surface area contributed by atoms with Crippen LogP contribution in [-0.2, 0) is 27.9 Å². The maximum atomic E-state index is 13.6. The standard InChI is InChI=1S/C70H135N2O7P/c1-7-10-13-16-19-22-25-28-30-32-33-34-35-36-37-38-39-40-42-45-48-51-54-57-60-63-70(74)79-68(61-58-55-52-49-46-43-27-24-21-18-15-12-9-3)67(66-78-80(75,76)77-65-64-72(4,5)6)71-69(73)62-59-56-53-50-47-44-41-31-29-26-23-20-17-14-11-8-2/h28,30-31,41,58,61,67-68H,7-27,29,32-40,42-57,59-60,62-66H2,1-6H3,(H-,71,73,75,76)/p+1/b30-28+,41-31+,61-58-. The fraction of sp³-hybridized carbons (Fsp3) is 0.886. The van der Waals surface area contributed by atoms with Gasteiger partial charge >= 0.3 is 13.8 Å². The number of esters is 1. The second-order valence-electron chi connectivity index (χ2n) is 25.0. The van der Waals surface area contributed by atoms with Crippen molar-refractivity contribution in [3.63, 3.8) is 0 Å². The summed E-state index contributed by atoms with van der Waals surface area (Å²) in [5.41, 5.74) is 0. The third kappa shape index (κ3) is 60.8. The predicted molar refractivity (Wildman–Crippen MR) is 346 cm³/mol. The van der Waals surface area contributed by atoms with Crippen molar-refractivity contribution in [2.24, 2.45) is 0 Å². The number of hydrogen-bond acceptors (Lipinski definition) is 6. The molecular weight excluding hydrogens is 1010 g/mol. The Balaban J connectivity index is 5.08. The monoisotopic (exact) mass is 1150 g/mol. The third-order valence-electron chi connectivity index (χ3n) is 15.8. The number of carbonyl (C=O) groups excluding carboxylic acids is 2. The molecule has 0 fully saturated rings. The molecular formula is C70H136N2O7P+.